The van der Waals surface area contributed by atoms with E-state index in [9.17, 15) is 9.90 Å². The van der Waals surface area contributed by atoms with Crippen molar-refractivity contribution in [2.24, 2.45) is 23.7 Å². The van der Waals surface area contributed by atoms with Crippen molar-refractivity contribution in [3.05, 3.63) is 95.6 Å². The van der Waals surface area contributed by atoms with Gasteiger partial charge in [0.1, 0.15) is 0 Å². The fraction of sp³-hybridized carbons (Fsp3) is 0.459. The summed E-state index contributed by atoms with van der Waals surface area (Å²) in [5.74, 6) is 2.88. The molecule has 4 aliphatic carbocycles. The van der Waals surface area contributed by atoms with Crippen LogP contribution in [0.1, 0.15) is 74.5 Å². The van der Waals surface area contributed by atoms with Crippen LogP contribution in [-0.4, -0.2) is 48.7 Å². The van der Waals surface area contributed by atoms with Gasteiger partial charge in [0.2, 0.25) is 5.16 Å². The number of aliphatic hydroxyl groups is 1. The molecule has 0 radical (unpaired) electrons. The van der Waals surface area contributed by atoms with Gasteiger partial charge >= 0.3 is 6.03 Å². The Kier molecular flexibility index (Phi) is 8.71. The van der Waals surface area contributed by atoms with Gasteiger partial charge in [0.15, 0.2) is 6.29 Å². The SMILES string of the molecule is C[C@@H]1[C@H](CSc2nnnn2-c2ccccc2)O[C@H](c2cccc(NC(=O)NC34CC5CC(CC(C5)C3)C4)c2)O[C@@H]1c1ccc(CO)cc1. The van der Waals surface area contributed by atoms with Crippen LogP contribution in [0.4, 0.5) is 10.5 Å². The molecule has 10 nitrogen and oxygen atoms in total. The first-order valence-corrected chi connectivity index (χ1v) is 18.1. The number of carbonyl (C=O) groups is 1. The number of tetrazole rings is 1. The first kappa shape index (κ1) is 31.5. The van der Waals surface area contributed by atoms with Crippen LogP contribution >= 0.6 is 11.8 Å². The van der Waals surface area contributed by atoms with E-state index in [1.165, 1.54) is 19.3 Å². The van der Waals surface area contributed by atoms with Crippen LogP contribution in [0.25, 0.3) is 5.69 Å². The summed E-state index contributed by atoms with van der Waals surface area (Å²) in [5.41, 5.74) is 4.23. The zero-order chi connectivity index (χ0) is 32.7. The lowest BCUT2D eigenvalue weighted by atomic mass is 9.53. The molecule has 2 amide bonds. The summed E-state index contributed by atoms with van der Waals surface area (Å²) in [7, 11) is 0. The van der Waals surface area contributed by atoms with Crippen molar-refractivity contribution in [3.63, 3.8) is 0 Å². The molecule has 9 rings (SSSR count). The molecule has 3 aromatic carbocycles. The number of carbonyl (C=O) groups excluding carboxylic acids is 1. The van der Waals surface area contributed by atoms with Gasteiger partial charge in [-0.3, -0.25) is 0 Å². The zero-order valence-corrected chi connectivity index (χ0v) is 27.9. The van der Waals surface area contributed by atoms with Gasteiger partial charge in [-0.05, 0) is 102 Å². The highest BCUT2D eigenvalue weighted by molar-refractivity contribution is 7.99. The number of hydrogen-bond acceptors (Lipinski definition) is 8. The van der Waals surface area contributed by atoms with Crippen LogP contribution in [0, 0.1) is 23.7 Å². The number of aliphatic hydroxyl groups excluding tert-OH is 1. The van der Waals surface area contributed by atoms with Crippen molar-refractivity contribution in [1.82, 2.24) is 25.5 Å². The Bertz CT molecular complexity index is 1700. The molecule has 3 N–H and O–H groups in total. The standard InChI is InChI=1S/C37H42N6O4S/c1-23-32(22-48-36-40-41-42-43(36)31-8-3-2-4-9-31)46-34(47-33(23)28-12-10-24(21-44)11-13-28)29-6-5-7-30(17-29)38-35(45)39-37-18-25-14-26(19-37)16-27(15-25)20-37/h2-13,17,23,25-27,32-34,44H,14-16,18-22H2,1H3,(H2,38,39,45)/t23-,25?,26?,27?,32+,33+,34+,37?/m1/s1. The third-order valence-electron chi connectivity index (χ3n) is 10.8. The summed E-state index contributed by atoms with van der Waals surface area (Å²) in [6.45, 7) is 2.12. The van der Waals surface area contributed by atoms with Crippen LogP contribution in [0.2, 0.25) is 0 Å². The summed E-state index contributed by atoms with van der Waals surface area (Å²) in [5, 5.41) is 29.3. The first-order valence-electron chi connectivity index (χ1n) is 17.1. The molecule has 4 saturated carbocycles. The van der Waals surface area contributed by atoms with Gasteiger partial charge in [0.05, 0.1) is 24.5 Å². The number of urea groups is 1. The third-order valence-corrected chi connectivity index (χ3v) is 11.8. The maximum Gasteiger partial charge on any atom is 0.319 e. The predicted molar refractivity (Wildman–Crippen MR) is 182 cm³/mol. The van der Waals surface area contributed by atoms with Crippen LogP contribution in [0.3, 0.4) is 0 Å². The quantitative estimate of drug-likeness (QED) is 0.166. The highest BCUT2D eigenvalue weighted by Gasteiger charge is 2.51. The van der Waals surface area contributed by atoms with Crippen molar-refractivity contribution in [3.8, 4) is 5.69 Å². The molecule has 250 valence electrons. The number of hydrogen-bond donors (Lipinski definition) is 3. The Hall–Kier alpha value is -3.77. The topological polar surface area (TPSA) is 123 Å². The van der Waals surface area contributed by atoms with E-state index in [4.69, 9.17) is 9.47 Å². The molecule has 4 bridgehead atoms. The fourth-order valence-corrected chi connectivity index (χ4v) is 9.95. The maximum absolute atomic E-state index is 13.4. The van der Waals surface area contributed by atoms with Gasteiger partial charge in [0, 0.05) is 28.5 Å². The number of anilines is 1. The van der Waals surface area contributed by atoms with E-state index in [1.807, 2.05) is 78.9 Å². The van der Waals surface area contributed by atoms with E-state index < -0.39 is 6.29 Å². The zero-order valence-electron chi connectivity index (χ0n) is 27.1. The number of aromatic nitrogens is 4. The Morgan fingerprint density at radius 2 is 1.67 bits per heavy atom. The van der Waals surface area contributed by atoms with Crippen molar-refractivity contribution in [2.45, 2.75) is 81.2 Å². The van der Waals surface area contributed by atoms with Gasteiger partial charge in [-0.15, -0.1) is 5.10 Å². The summed E-state index contributed by atoms with van der Waals surface area (Å²) in [6.07, 6.45) is 6.19. The molecular formula is C37H42N6O4S. The van der Waals surface area contributed by atoms with Crippen molar-refractivity contribution >= 4 is 23.5 Å². The van der Waals surface area contributed by atoms with Gasteiger partial charge in [0.25, 0.3) is 0 Å². The van der Waals surface area contributed by atoms with Crippen LogP contribution in [0.15, 0.2) is 84.0 Å². The number of ether oxygens (including phenoxy) is 2. The second kappa shape index (κ2) is 13.3. The Morgan fingerprint density at radius 3 is 2.38 bits per heavy atom. The molecule has 0 spiro atoms. The molecule has 5 fully saturated rings. The number of thioether (sulfide) groups is 1. The number of rotatable bonds is 9. The van der Waals surface area contributed by atoms with Crippen LogP contribution < -0.4 is 10.6 Å². The van der Waals surface area contributed by atoms with E-state index in [1.54, 1.807) is 16.4 Å². The first-order chi connectivity index (χ1) is 23.4. The Morgan fingerprint density at radius 1 is 0.938 bits per heavy atom. The van der Waals surface area contributed by atoms with E-state index >= 15 is 0 Å². The largest absolute Gasteiger partial charge is 0.392 e. The summed E-state index contributed by atoms with van der Waals surface area (Å²) in [4.78, 5) is 13.4. The minimum Gasteiger partial charge on any atom is -0.392 e. The molecule has 0 unspecified atom stereocenters. The lowest BCUT2D eigenvalue weighted by Crippen LogP contribution is -2.60. The monoisotopic (exact) mass is 666 g/mol. The molecule has 5 aliphatic rings. The highest BCUT2D eigenvalue weighted by atomic mass is 32.2. The second-order valence-electron chi connectivity index (χ2n) is 14.2. The lowest BCUT2D eigenvalue weighted by Gasteiger charge is -2.56. The number of nitrogens with zero attached hydrogens (tertiary/aromatic N) is 4. The average Bonchev–Trinajstić information content (AvgIpc) is 3.56. The lowest BCUT2D eigenvalue weighted by molar-refractivity contribution is -0.268. The third kappa shape index (κ3) is 6.48. The van der Waals surface area contributed by atoms with E-state index in [-0.39, 0.29) is 36.3 Å². The summed E-state index contributed by atoms with van der Waals surface area (Å²) < 4.78 is 15.1. The highest BCUT2D eigenvalue weighted by Crippen LogP contribution is 2.55. The second-order valence-corrected chi connectivity index (χ2v) is 15.2. The number of benzene rings is 3. The molecule has 4 aromatic rings. The minimum atomic E-state index is -0.660. The molecular weight excluding hydrogens is 625 g/mol. The normalized spacial score (nSPS) is 30.7. The molecule has 4 atom stereocenters. The van der Waals surface area contributed by atoms with Gasteiger partial charge < -0.3 is 25.2 Å². The molecule has 1 saturated heterocycles. The van der Waals surface area contributed by atoms with Crippen molar-refractivity contribution < 1.29 is 19.4 Å². The van der Waals surface area contributed by atoms with Crippen LogP contribution in [-0.2, 0) is 16.1 Å². The number of amides is 2. The number of nitrogens with one attached hydrogen (secondary N) is 2. The molecule has 11 heteroatoms. The van der Waals surface area contributed by atoms with Crippen molar-refractivity contribution in [2.75, 3.05) is 11.1 Å². The van der Waals surface area contributed by atoms with E-state index in [0.29, 0.717) is 16.6 Å². The van der Waals surface area contributed by atoms with Gasteiger partial charge in [-0.2, -0.15) is 4.68 Å². The molecule has 1 aliphatic heterocycles. The predicted octanol–water partition coefficient (Wildman–Crippen LogP) is 6.83. The summed E-state index contributed by atoms with van der Waals surface area (Å²) in [6, 6.07) is 25.4. The number of para-hydroxylation sites is 1. The maximum atomic E-state index is 13.4. The van der Waals surface area contributed by atoms with Gasteiger partial charge in [-0.1, -0.05) is 73.3 Å². The van der Waals surface area contributed by atoms with E-state index in [2.05, 4.69) is 33.1 Å². The smallest absolute Gasteiger partial charge is 0.319 e. The molecule has 2 heterocycles. The van der Waals surface area contributed by atoms with Crippen LogP contribution in [0.5, 0.6) is 0 Å². The Balaban J connectivity index is 1.00. The molecule has 1 aromatic heterocycles. The van der Waals surface area contributed by atoms with Crippen molar-refractivity contribution in [1.29, 1.82) is 0 Å². The summed E-state index contributed by atoms with van der Waals surface area (Å²) >= 11 is 1.55. The molecule has 48 heavy (non-hydrogen) atoms. The van der Waals surface area contributed by atoms with E-state index in [0.717, 1.165) is 59.4 Å². The minimum absolute atomic E-state index is 0.00199. The average molecular weight is 667 g/mol. The van der Waals surface area contributed by atoms with Gasteiger partial charge in [-0.25, -0.2) is 4.79 Å². The Labute approximate surface area is 285 Å². The fourth-order valence-electron chi connectivity index (χ4n) is 8.90.